The first kappa shape index (κ1) is 13.4. The summed E-state index contributed by atoms with van der Waals surface area (Å²) in [4.78, 5) is 31.7. The highest BCUT2D eigenvalue weighted by atomic mass is 16.4. The Hall–Kier alpha value is -2.05. The van der Waals surface area contributed by atoms with Crippen molar-refractivity contribution in [2.75, 3.05) is 7.05 Å². The van der Waals surface area contributed by atoms with E-state index in [0.717, 1.165) is 12.8 Å². The van der Waals surface area contributed by atoms with E-state index in [9.17, 15) is 14.7 Å². The van der Waals surface area contributed by atoms with E-state index >= 15 is 0 Å². The number of imidazole rings is 1. The van der Waals surface area contributed by atoms with Crippen LogP contribution in [0.2, 0.25) is 0 Å². The highest BCUT2D eigenvalue weighted by Crippen LogP contribution is 2.39. The van der Waals surface area contributed by atoms with Gasteiger partial charge in [0.25, 0.3) is 0 Å². The quantitative estimate of drug-likeness (QED) is 0.734. The highest BCUT2D eigenvalue weighted by molar-refractivity contribution is 5.86. The predicted octanol–water partition coefficient (Wildman–Crippen LogP) is 0.804. The monoisotopic (exact) mass is 266 g/mol. The van der Waals surface area contributed by atoms with Gasteiger partial charge in [-0.1, -0.05) is 0 Å². The SMILES string of the molecule is CN(Cc1ncc[nH]1)C(=O)NC(C)(C(=O)O)C1CC1. The van der Waals surface area contributed by atoms with Crippen LogP contribution in [0.4, 0.5) is 4.79 Å². The van der Waals surface area contributed by atoms with E-state index in [1.165, 1.54) is 4.90 Å². The summed E-state index contributed by atoms with van der Waals surface area (Å²) in [6.45, 7) is 1.87. The number of nitrogens with one attached hydrogen (secondary N) is 2. The summed E-state index contributed by atoms with van der Waals surface area (Å²) >= 11 is 0. The molecule has 1 heterocycles. The molecule has 0 saturated heterocycles. The van der Waals surface area contributed by atoms with Crippen LogP contribution in [0.5, 0.6) is 0 Å². The summed E-state index contributed by atoms with van der Waals surface area (Å²) in [6.07, 6.45) is 4.95. The van der Waals surface area contributed by atoms with E-state index < -0.39 is 17.5 Å². The van der Waals surface area contributed by atoms with E-state index in [0.29, 0.717) is 12.4 Å². The molecule has 7 nitrogen and oxygen atoms in total. The maximum absolute atomic E-state index is 12.0. The summed E-state index contributed by atoms with van der Waals surface area (Å²) in [5.74, 6) is -0.318. The first-order valence-corrected chi connectivity index (χ1v) is 6.18. The van der Waals surface area contributed by atoms with E-state index in [2.05, 4.69) is 15.3 Å². The summed E-state index contributed by atoms with van der Waals surface area (Å²) in [6, 6.07) is -0.409. The highest BCUT2D eigenvalue weighted by Gasteiger charge is 2.48. The van der Waals surface area contributed by atoms with Crippen molar-refractivity contribution >= 4 is 12.0 Å². The topological polar surface area (TPSA) is 98.3 Å². The molecular formula is C12H18N4O3. The largest absolute Gasteiger partial charge is 0.480 e. The Labute approximate surface area is 111 Å². The molecule has 0 bridgehead atoms. The number of carbonyl (C=O) groups is 2. The second-order valence-electron chi connectivity index (χ2n) is 5.10. The summed E-state index contributed by atoms with van der Waals surface area (Å²) < 4.78 is 0. The summed E-state index contributed by atoms with van der Waals surface area (Å²) in [5.41, 5.74) is -1.19. The minimum Gasteiger partial charge on any atom is -0.480 e. The second kappa shape index (κ2) is 4.91. The normalized spacial score (nSPS) is 17.6. The van der Waals surface area contributed by atoms with Gasteiger partial charge in [0.05, 0.1) is 6.54 Å². The van der Waals surface area contributed by atoms with Gasteiger partial charge in [-0.2, -0.15) is 0 Å². The van der Waals surface area contributed by atoms with E-state index in [4.69, 9.17) is 0 Å². The van der Waals surface area contributed by atoms with Crippen LogP contribution in [0.3, 0.4) is 0 Å². The third kappa shape index (κ3) is 2.86. The molecule has 7 heteroatoms. The number of rotatable bonds is 5. The van der Waals surface area contributed by atoms with Crippen LogP contribution in [0.1, 0.15) is 25.6 Å². The Morgan fingerprint density at radius 2 is 2.32 bits per heavy atom. The molecule has 19 heavy (non-hydrogen) atoms. The van der Waals surface area contributed by atoms with Gasteiger partial charge in [0.2, 0.25) is 0 Å². The van der Waals surface area contributed by atoms with Gasteiger partial charge in [-0.15, -0.1) is 0 Å². The first-order chi connectivity index (χ1) is 8.93. The molecule has 1 aromatic rings. The van der Waals surface area contributed by atoms with Crippen LogP contribution in [-0.4, -0.2) is 44.6 Å². The number of amides is 2. The number of aromatic nitrogens is 2. The third-order valence-electron chi connectivity index (χ3n) is 3.49. The Morgan fingerprint density at radius 1 is 1.63 bits per heavy atom. The number of H-pyrrole nitrogens is 1. The molecule has 0 spiro atoms. The van der Waals surface area contributed by atoms with Crippen LogP contribution in [0.15, 0.2) is 12.4 Å². The average molecular weight is 266 g/mol. The number of hydrogen-bond acceptors (Lipinski definition) is 3. The average Bonchev–Trinajstić information content (AvgIpc) is 3.09. The van der Waals surface area contributed by atoms with Crippen molar-refractivity contribution in [1.29, 1.82) is 0 Å². The van der Waals surface area contributed by atoms with Gasteiger partial charge in [-0.05, 0) is 25.7 Å². The smallest absolute Gasteiger partial charge is 0.329 e. The molecule has 2 amide bonds. The third-order valence-corrected chi connectivity index (χ3v) is 3.49. The number of carboxylic acid groups (broad SMARTS) is 1. The van der Waals surface area contributed by atoms with E-state index in [-0.39, 0.29) is 5.92 Å². The molecule has 0 radical (unpaired) electrons. The van der Waals surface area contributed by atoms with Crippen molar-refractivity contribution in [3.8, 4) is 0 Å². The second-order valence-corrected chi connectivity index (χ2v) is 5.10. The van der Waals surface area contributed by atoms with Crippen molar-refractivity contribution in [3.63, 3.8) is 0 Å². The number of carboxylic acids is 1. The number of aromatic amines is 1. The lowest BCUT2D eigenvalue weighted by Gasteiger charge is -2.28. The minimum atomic E-state index is -1.19. The van der Waals surface area contributed by atoms with Crippen molar-refractivity contribution < 1.29 is 14.7 Å². The Kier molecular flexibility index (Phi) is 3.46. The van der Waals surface area contributed by atoms with Crippen LogP contribution >= 0.6 is 0 Å². The van der Waals surface area contributed by atoms with Gasteiger partial charge >= 0.3 is 12.0 Å². The number of urea groups is 1. The van der Waals surface area contributed by atoms with Gasteiger partial charge in [0, 0.05) is 19.4 Å². The molecule has 104 valence electrons. The van der Waals surface area contributed by atoms with Crippen molar-refractivity contribution in [1.82, 2.24) is 20.2 Å². The molecule has 3 N–H and O–H groups in total. The Morgan fingerprint density at radius 3 is 2.79 bits per heavy atom. The Bertz CT molecular complexity index is 469. The minimum absolute atomic E-state index is 0.0194. The predicted molar refractivity (Wildman–Crippen MR) is 67.4 cm³/mol. The fourth-order valence-electron chi connectivity index (χ4n) is 1.99. The van der Waals surface area contributed by atoms with Gasteiger partial charge in [0.1, 0.15) is 11.4 Å². The molecule has 1 aliphatic rings. The van der Waals surface area contributed by atoms with Gasteiger partial charge in [-0.25, -0.2) is 14.6 Å². The van der Waals surface area contributed by atoms with Crippen molar-refractivity contribution in [3.05, 3.63) is 18.2 Å². The van der Waals surface area contributed by atoms with E-state index in [1.807, 2.05) is 0 Å². The lowest BCUT2D eigenvalue weighted by Crippen LogP contribution is -2.56. The lowest BCUT2D eigenvalue weighted by atomic mass is 9.96. The molecule has 1 aromatic heterocycles. The maximum atomic E-state index is 12.0. The number of hydrogen-bond donors (Lipinski definition) is 3. The zero-order valence-electron chi connectivity index (χ0n) is 11.0. The summed E-state index contributed by atoms with van der Waals surface area (Å²) in [7, 11) is 1.60. The zero-order chi connectivity index (χ0) is 14.0. The number of carbonyl (C=O) groups excluding carboxylic acids is 1. The van der Waals surface area contributed by atoms with Crippen LogP contribution in [0.25, 0.3) is 0 Å². The molecular weight excluding hydrogens is 248 g/mol. The first-order valence-electron chi connectivity index (χ1n) is 6.18. The van der Waals surface area contributed by atoms with Crippen LogP contribution in [-0.2, 0) is 11.3 Å². The molecule has 0 aromatic carbocycles. The molecule has 1 unspecified atom stereocenters. The van der Waals surface area contributed by atoms with Gasteiger partial charge in [-0.3, -0.25) is 0 Å². The fraction of sp³-hybridized carbons (Fsp3) is 0.583. The standard InChI is InChI=1S/C12H18N4O3/c1-12(10(17)18,8-3-4-8)15-11(19)16(2)7-9-13-5-6-14-9/h5-6,8H,3-4,7H2,1-2H3,(H,13,14)(H,15,19)(H,17,18). The fourth-order valence-corrected chi connectivity index (χ4v) is 1.99. The molecule has 1 saturated carbocycles. The van der Waals surface area contributed by atoms with Crippen LogP contribution in [0, 0.1) is 5.92 Å². The lowest BCUT2D eigenvalue weighted by molar-refractivity contribution is -0.144. The molecule has 1 atom stereocenters. The molecule has 1 aliphatic carbocycles. The van der Waals surface area contributed by atoms with Gasteiger partial charge in [0.15, 0.2) is 0 Å². The summed E-state index contributed by atoms with van der Waals surface area (Å²) in [5, 5.41) is 11.9. The number of aliphatic carboxylic acids is 1. The van der Waals surface area contributed by atoms with Crippen molar-refractivity contribution in [2.45, 2.75) is 31.8 Å². The Balaban J connectivity index is 1.97. The molecule has 0 aliphatic heterocycles. The van der Waals surface area contributed by atoms with E-state index in [1.54, 1.807) is 26.4 Å². The number of nitrogens with zero attached hydrogens (tertiary/aromatic N) is 2. The van der Waals surface area contributed by atoms with Crippen molar-refractivity contribution in [2.24, 2.45) is 5.92 Å². The molecule has 2 rings (SSSR count). The zero-order valence-corrected chi connectivity index (χ0v) is 11.0. The van der Waals surface area contributed by atoms with Crippen LogP contribution < -0.4 is 5.32 Å². The maximum Gasteiger partial charge on any atom is 0.329 e. The van der Waals surface area contributed by atoms with Gasteiger partial charge < -0.3 is 20.3 Å². The molecule has 1 fully saturated rings.